The van der Waals surface area contributed by atoms with Crippen molar-refractivity contribution in [3.63, 3.8) is 0 Å². The van der Waals surface area contributed by atoms with Gasteiger partial charge in [0.2, 0.25) is 0 Å². The zero-order valence-electron chi connectivity index (χ0n) is 7.74. The molecule has 0 bridgehead atoms. The third kappa shape index (κ3) is 2.32. The van der Waals surface area contributed by atoms with E-state index in [4.69, 9.17) is 0 Å². The Hall–Kier alpha value is -1.30. The van der Waals surface area contributed by atoms with Crippen LogP contribution in [-0.4, -0.2) is 0 Å². The Labute approximate surface area is 79.6 Å². The fourth-order valence-corrected chi connectivity index (χ4v) is 1.63. The minimum absolute atomic E-state index is 1.08. The maximum absolute atomic E-state index is 2.34. The summed E-state index contributed by atoms with van der Waals surface area (Å²) >= 11 is 0. The lowest BCUT2D eigenvalue weighted by atomic mass is 10.00. The van der Waals surface area contributed by atoms with Gasteiger partial charge in [0.05, 0.1) is 0 Å². The molecule has 0 nitrogen and oxygen atoms in total. The van der Waals surface area contributed by atoms with Crippen LogP contribution >= 0.6 is 0 Å². The molecule has 0 radical (unpaired) electrons. The smallest absolute Gasteiger partial charge is 0.00290 e. The molecule has 0 spiro atoms. The van der Waals surface area contributed by atoms with Crippen molar-refractivity contribution in [1.82, 2.24) is 0 Å². The molecule has 0 unspecified atom stereocenters. The quantitative estimate of drug-likeness (QED) is 0.637. The number of benzene rings is 1. The van der Waals surface area contributed by atoms with Crippen LogP contribution in [0, 0.1) is 0 Å². The van der Waals surface area contributed by atoms with Gasteiger partial charge in [-0.25, -0.2) is 0 Å². The van der Waals surface area contributed by atoms with Gasteiger partial charge in [-0.1, -0.05) is 48.6 Å². The van der Waals surface area contributed by atoms with E-state index in [9.17, 15) is 0 Å². The molecule has 0 saturated carbocycles. The molecule has 0 aromatic heterocycles. The summed E-state index contributed by atoms with van der Waals surface area (Å²) in [6.45, 7) is 0. The summed E-state index contributed by atoms with van der Waals surface area (Å²) in [4.78, 5) is 0. The predicted molar refractivity (Wildman–Crippen MR) is 56.6 cm³/mol. The zero-order valence-corrected chi connectivity index (χ0v) is 7.74. The largest absolute Gasteiger partial charge is 0.0840 e. The van der Waals surface area contributed by atoms with Gasteiger partial charge in [0.15, 0.2) is 0 Å². The summed E-state index contributed by atoms with van der Waals surface area (Å²) in [5.41, 5.74) is 2.86. The molecule has 1 aromatic carbocycles. The Morgan fingerprint density at radius 3 is 2.54 bits per heavy atom. The lowest BCUT2D eigenvalue weighted by Gasteiger charge is -2.06. The van der Waals surface area contributed by atoms with Gasteiger partial charge in [-0.2, -0.15) is 0 Å². The van der Waals surface area contributed by atoms with Gasteiger partial charge >= 0.3 is 0 Å². The molecule has 0 amide bonds. The average Bonchev–Trinajstić information content (AvgIpc) is 2.21. The second-order valence-corrected chi connectivity index (χ2v) is 3.42. The first-order chi connectivity index (χ1) is 6.45. The molecule has 0 saturated heterocycles. The second kappa shape index (κ2) is 4.08. The number of hydrogen-bond donors (Lipinski definition) is 0. The van der Waals surface area contributed by atoms with Crippen LogP contribution in [0.15, 0.2) is 54.1 Å². The summed E-state index contributed by atoms with van der Waals surface area (Å²) in [5, 5.41) is 0. The molecule has 0 heterocycles. The van der Waals surface area contributed by atoms with Gasteiger partial charge in [0.25, 0.3) is 0 Å². The van der Waals surface area contributed by atoms with E-state index in [1.165, 1.54) is 24.0 Å². The lowest BCUT2D eigenvalue weighted by Crippen LogP contribution is -1.90. The SMILES string of the molecule is C1=CC(Cc2ccccc2)=CCC1. The van der Waals surface area contributed by atoms with Crippen molar-refractivity contribution < 1.29 is 0 Å². The maximum Gasteiger partial charge on any atom is -0.00290 e. The third-order valence-corrected chi connectivity index (χ3v) is 2.32. The van der Waals surface area contributed by atoms with Gasteiger partial charge in [0, 0.05) is 0 Å². The molecule has 13 heavy (non-hydrogen) atoms. The van der Waals surface area contributed by atoms with Crippen molar-refractivity contribution >= 4 is 0 Å². The molecule has 1 aromatic rings. The molecule has 1 aliphatic carbocycles. The van der Waals surface area contributed by atoms with Gasteiger partial charge in [-0.15, -0.1) is 0 Å². The Balaban J connectivity index is 2.06. The van der Waals surface area contributed by atoms with E-state index in [2.05, 4.69) is 48.6 Å². The van der Waals surface area contributed by atoms with E-state index in [1.54, 1.807) is 0 Å². The van der Waals surface area contributed by atoms with E-state index < -0.39 is 0 Å². The van der Waals surface area contributed by atoms with Crippen LogP contribution in [0.25, 0.3) is 0 Å². The monoisotopic (exact) mass is 170 g/mol. The van der Waals surface area contributed by atoms with Crippen LogP contribution in [0.4, 0.5) is 0 Å². The molecule has 0 aliphatic heterocycles. The highest BCUT2D eigenvalue weighted by molar-refractivity contribution is 5.29. The minimum Gasteiger partial charge on any atom is -0.0840 e. The maximum atomic E-state index is 2.34. The van der Waals surface area contributed by atoms with Crippen LogP contribution in [0.1, 0.15) is 18.4 Å². The Morgan fingerprint density at radius 2 is 1.85 bits per heavy atom. The normalized spacial score (nSPS) is 15.5. The zero-order chi connectivity index (χ0) is 8.93. The highest BCUT2D eigenvalue weighted by Crippen LogP contribution is 2.14. The standard InChI is InChI=1S/C13H14/c1-3-7-12(8-4-1)11-13-9-5-2-6-10-13/h1,3-5,7-10H,2,6,11H2. The average molecular weight is 170 g/mol. The molecule has 0 heteroatoms. The fourth-order valence-electron chi connectivity index (χ4n) is 1.63. The lowest BCUT2D eigenvalue weighted by molar-refractivity contribution is 0.994. The second-order valence-electron chi connectivity index (χ2n) is 3.42. The highest BCUT2D eigenvalue weighted by atomic mass is 14.0. The van der Waals surface area contributed by atoms with Crippen molar-refractivity contribution in [3.05, 3.63) is 59.7 Å². The van der Waals surface area contributed by atoms with Gasteiger partial charge < -0.3 is 0 Å². The fraction of sp³-hybridized carbons (Fsp3) is 0.231. The summed E-state index contributed by atoms with van der Waals surface area (Å²) in [6.07, 6.45) is 10.3. The van der Waals surface area contributed by atoms with E-state index in [0.29, 0.717) is 0 Å². The van der Waals surface area contributed by atoms with Gasteiger partial charge in [-0.3, -0.25) is 0 Å². The van der Waals surface area contributed by atoms with Crippen LogP contribution < -0.4 is 0 Å². The first-order valence-corrected chi connectivity index (χ1v) is 4.84. The van der Waals surface area contributed by atoms with Gasteiger partial charge in [-0.05, 0) is 30.4 Å². The van der Waals surface area contributed by atoms with Crippen molar-refractivity contribution in [3.8, 4) is 0 Å². The van der Waals surface area contributed by atoms with E-state index in [-0.39, 0.29) is 0 Å². The van der Waals surface area contributed by atoms with E-state index in [0.717, 1.165) is 6.42 Å². The Kier molecular flexibility index (Phi) is 2.61. The number of hydrogen-bond acceptors (Lipinski definition) is 0. The molecular formula is C13H14. The van der Waals surface area contributed by atoms with Crippen molar-refractivity contribution in [2.45, 2.75) is 19.3 Å². The van der Waals surface area contributed by atoms with Crippen LogP contribution in [0.2, 0.25) is 0 Å². The van der Waals surface area contributed by atoms with E-state index in [1.807, 2.05) is 0 Å². The molecule has 2 rings (SSSR count). The third-order valence-electron chi connectivity index (χ3n) is 2.32. The first-order valence-electron chi connectivity index (χ1n) is 4.84. The highest BCUT2D eigenvalue weighted by Gasteiger charge is 1.98. The van der Waals surface area contributed by atoms with Crippen LogP contribution in [-0.2, 0) is 6.42 Å². The predicted octanol–water partition coefficient (Wildman–Crippen LogP) is 3.51. The van der Waals surface area contributed by atoms with Gasteiger partial charge in [0.1, 0.15) is 0 Å². The summed E-state index contributed by atoms with van der Waals surface area (Å²) in [7, 11) is 0. The molecule has 0 atom stereocenters. The first kappa shape index (κ1) is 8.31. The summed E-state index contributed by atoms with van der Waals surface area (Å²) in [5.74, 6) is 0. The Bertz CT molecular complexity index is 317. The topological polar surface area (TPSA) is 0 Å². The minimum atomic E-state index is 1.08. The molecule has 66 valence electrons. The van der Waals surface area contributed by atoms with Crippen molar-refractivity contribution in [2.24, 2.45) is 0 Å². The van der Waals surface area contributed by atoms with Crippen molar-refractivity contribution in [1.29, 1.82) is 0 Å². The van der Waals surface area contributed by atoms with Crippen LogP contribution in [0.5, 0.6) is 0 Å². The molecule has 1 aliphatic rings. The molecular weight excluding hydrogens is 156 g/mol. The molecule has 0 fully saturated rings. The molecule has 0 N–H and O–H groups in total. The van der Waals surface area contributed by atoms with Crippen molar-refractivity contribution in [2.75, 3.05) is 0 Å². The number of allylic oxidation sites excluding steroid dienone is 4. The van der Waals surface area contributed by atoms with Crippen LogP contribution in [0.3, 0.4) is 0 Å². The summed E-state index contributed by atoms with van der Waals surface area (Å²) in [6, 6.07) is 10.6. The Morgan fingerprint density at radius 1 is 1.00 bits per heavy atom. The number of rotatable bonds is 2. The summed E-state index contributed by atoms with van der Waals surface area (Å²) < 4.78 is 0. The van der Waals surface area contributed by atoms with E-state index >= 15 is 0 Å².